The quantitative estimate of drug-likeness (QED) is 0.389. The zero-order chi connectivity index (χ0) is 29.8. The zero-order valence-corrected chi connectivity index (χ0v) is 23.5. The molecule has 1 saturated heterocycles. The van der Waals surface area contributed by atoms with Crippen LogP contribution in [0.25, 0.3) is 0 Å². The Bertz CT molecular complexity index is 1360. The maximum atomic E-state index is 13.8. The van der Waals surface area contributed by atoms with Gasteiger partial charge in [0.1, 0.15) is 29.6 Å². The summed E-state index contributed by atoms with van der Waals surface area (Å²) < 4.78 is 46.7. The van der Waals surface area contributed by atoms with Gasteiger partial charge in [-0.1, -0.05) is 6.07 Å². The van der Waals surface area contributed by atoms with E-state index in [1.165, 1.54) is 0 Å². The van der Waals surface area contributed by atoms with E-state index in [-0.39, 0.29) is 30.3 Å². The second-order valence-corrected chi connectivity index (χ2v) is 12.2. The SMILES string of the molecule is CC(C)n1nccc1C(=O)N[C@H](C(=O)Nc1ccc2c(c1)OC(CN1C[C@@H](C(F)(F)F)NC1=O)C2)C(C1CC1)C1CC1. The van der Waals surface area contributed by atoms with Crippen LogP contribution in [0, 0.1) is 17.8 Å². The van der Waals surface area contributed by atoms with Crippen LogP contribution in [0.1, 0.15) is 61.6 Å². The number of alkyl halides is 3. The topological polar surface area (TPSA) is 118 Å². The van der Waals surface area contributed by atoms with Gasteiger partial charge in [0.2, 0.25) is 5.91 Å². The number of anilines is 1. The van der Waals surface area contributed by atoms with Crippen LogP contribution in [0.5, 0.6) is 5.75 Å². The lowest BCUT2D eigenvalue weighted by atomic mass is 9.88. The summed E-state index contributed by atoms with van der Waals surface area (Å²) in [6.07, 6.45) is 1.14. The van der Waals surface area contributed by atoms with Gasteiger partial charge < -0.3 is 25.6 Å². The van der Waals surface area contributed by atoms with Crippen molar-refractivity contribution in [2.75, 3.05) is 18.4 Å². The van der Waals surface area contributed by atoms with Crippen molar-refractivity contribution in [3.63, 3.8) is 0 Å². The predicted octanol–water partition coefficient (Wildman–Crippen LogP) is 3.90. The monoisotopic (exact) mass is 588 g/mol. The van der Waals surface area contributed by atoms with Crippen LogP contribution >= 0.6 is 0 Å². The summed E-state index contributed by atoms with van der Waals surface area (Å²) in [6.45, 7) is 3.42. The summed E-state index contributed by atoms with van der Waals surface area (Å²) in [7, 11) is 0. The van der Waals surface area contributed by atoms with Gasteiger partial charge in [0.15, 0.2) is 0 Å². The van der Waals surface area contributed by atoms with Crippen molar-refractivity contribution < 1.29 is 32.3 Å². The van der Waals surface area contributed by atoms with Crippen molar-refractivity contribution in [1.82, 2.24) is 25.3 Å². The van der Waals surface area contributed by atoms with Crippen LogP contribution in [-0.2, 0) is 11.2 Å². The van der Waals surface area contributed by atoms with Gasteiger partial charge in [-0.2, -0.15) is 18.3 Å². The third kappa shape index (κ3) is 5.91. The first-order valence-corrected chi connectivity index (χ1v) is 14.5. The van der Waals surface area contributed by atoms with Gasteiger partial charge in [-0.15, -0.1) is 0 Å². The minimum atomic E-state index is -4.51. The molecule has 4 amide bonds. The molecule has 1 aromatic carbocycles. The number of hydrogen-bond acceptors (Lipinski definition) is 5. The van der Waals surface area contributed by atoms with Crippen molar-refractivity contribution in [3.05, 3.63) is 41.7 Å². The molecule has 3 atom stereocenters. The van der Waals surface area contributed by atoms with Crippen molar-refractivity contribution in [2.45, 2.75) is 76.4 Å². The Labute approximate surface area is 241 Å². The fourth-order valence-corrected chi connectivity index (χ4v) is 6.23. The minimum Gasteiger partial charge on any atom is -0.488 e. The molecule has 0 bridgehead atoms. The number of benzene rings is 1. The predicted molar refractivity (Wildman–Crippen MR) is 146 cm³/mol. The van der Waals surface area contributed by atoms with Gasteiger partial charge in [0.25, 0.3) is 5.91 Å². The Morgan fingerprint density at radius 1 is 1.14 bits per heavy atom. The van der Waals surface area contributed by atoms with Crippen molar-refractivity contribution in [1.29, 1.82) is 0 Å². The lowest BCUT2D eigenvalue weighted by molar-refractivity contribution is -0.150. The highest BCUT2D eigenvalue weighted by Crippen LogP contribution is 2.51. The Balaban J connectivity index is 1.13. The summed E-state index contributed by atoms with van der Waals surface area (Å²) in [5.41, 5.74) is 1.73. The van der Waals surface area contributed by atoms with E-state index in [2.05, 4.69) is 15.7 Å². The standard InChI is InChI=1S/C29H35F3N6O4/c1-15(2)38-21(9-10-33-38)26(39)36-25(24(16-3-4-16)17-5-6-17)27(40)34-19-8-7-18-11-20(42-22(18)12-19)13-37-14-23(29(30,31)32)35-28(37)41/h7-10,12,15-17,20,23-25H,3-6,11,13-14H2,1-2H3,(H,34,40)(H,35,41)(H,36,39)/t20?,23-,25-/m0/s1. The number of urea groups is 1. The van der Waals surface area contributed by atoms with Crippen LogP contribution in [0.15, 0.2) is 30.5 Å². The molecule has 2 aliphatic heterocycles. The highest BCUT2D eigenvalue weighted by molar-refractivity contribution is 6.01. The number of carbonyl (C=O) groups is 3. The summed E-state index contributed by atoms with van der Waals surface area (Å²) in [5, 5.41) is 12.2. The number of rotatable bonds is 10. The number of nitrogens with one attached hydrogen (secondary N) is 3. The molecule has 2 aromatic rings. The van der Waals surface area contributed by atoms with Crippen molar-refractivity contribution in [3.8, 4) is 5.75 Å². The number of hydrogen-bond donors (Lipinski definition) is 3. The molecular formula is C29H35F3N6O4. The van der Waals surface area contributed by atoms with E-state index < -0.39 is 36.9 Å². The van der Waals surface area contributed by atoms with E-state index in [0.29, 0.717) is 35.4 Å². The average molecular weight is 589 g/mol. The van der Waals surface area contributed by atoms with Gasteiger partial charge in [-0.3, -0.25) is 14.3 Å². The number of nitrogens with zero attached hydrogens (tertiary/aromatic N) is 3. The molecule has 3 fully saturated rings. The maximum absolute atomic E-state index is 13.8. The fraction of sp³-hybridized carbons (Fsp3) is 0.586. The van der Waals surface area contributed by atoms with Gasteiger partial charge in [0, 0.05) is 30.4 Å². The van der Waals surface area contributed by atoms with Crippen molar-refractivity contribution in [2.24, 2.45) is 17.8 Å². The number of halogens is 3. The first-order chi connectivity index (χ1) is 20.0. The van der Waals surface area contributed by atoms with E-state index in [0.717, 1.165) is 36.1 Å². The molecule has 13 heteroatoms. The number of ether oxygens (including phenoxy) is 1. The third-order valence-electron chi connectivity index (χ3n) is 8.56. The van der Waals surface area contributed by atoms with Gasteiger partial charge >= 0.3 is 12.2 Å². The molecule has 2 aliphatic carbocycles. The molecule has 3 N–H and O–H groups in total. The lowest BCUT2D eigenvalue weighted by Gasteiger charge is -2.28. The number of aromatic nitrogens is 2. The number of fused-ring (bicyclic) bond motifs is 1. The summed E-state index contributed by atoms with van der Waals surface area (Å²) in [6, 6.07) is 3.49. The highest BCUT2D eigenvalue weighted by atomic mass is 19.4. The van der Waals surface area contributed by atoms with Crippen molar-refractivity contribution >= 4 is 23.5 Å². The molecule has 10 nitrogen and oxygen atoms in total. The van der Waals surface area contributed by atoms with Crippen LogP contribution in [-0.4, -0.2) is 70.0 Å². The number of carbonyl (C=O) groups excluding carboxylic acids is 3. The second-order valence-electron chi connectivity index (χ2n) is 12.2. The molecule has 3 heterocycles. The smallest absolute Gasteiger partial charge is 0.410 e. The first kappa shape index (κ1) is 28.4. The lowest BCUT2D eigenvalue weighted by Crippen LogP contribution is -2.50. The van der Waals surface area contributed by atoms with Gasteiger partial charge in [0.05, 0.1) is 13.1 Å². The van der Waals surface area contributed by atoms with Crippen LogP contribution in [0.4, 0.5) is 23.7 Å². The summed E-state index contributed by atoms with van der Waals surface area (Å²) >= 11 is 0. The molecule has 0 radical (unpaired) electrons. The molecule has 1 aromatic heterocycles. The minimum absolute atomic E-state index is 0.0142. The Morgan fingerprint density at radius 3 is 2.48 bits per heavy atom. The second kappa shape index (κ2) is 10.8. The molecule has 1 unspecified atom stereocenters. The zero-order valence-electron chi connectivity index (χ0n) is 23.5. The Hall–Kier alpha value is -3.77. The Morgan fingerprint density at radius 2 is 1.86 bits per heavy atom. The molecule has 42 heavy (non-hydrogen) atoms. The highest BCUT2D eigenvalue weighted by Gasteiger charge is 2.49. The van der Waals surface area contributed by atoms with Gasteiger partial charge in [-0.05, 0) is 75.0 Å². The third-order valence-corrected chi connectivity index (χ3v) is 8.56. The normalized spacial score (nSPS) is 22.6. The molecule has 226 valence electrons. The van der Waals surface area contributed by atoms with Crippen LogP contribution in [0.2, 0.25) is 0 Å². The molecule has 2 saturated carbocycles. The van der Waals surface area contributed by atoms with Gasteiger partial charge in [-0.25, -0.2) is 4.79 Å². The molecular weight excluding hydrogens is 553 g/mol. The molecule has 6 rings (SSSR count). The fourth-order valence-electron chi connectivity index (χ4n) is 6.23. The molecule has 0 spiro atoms. The average Bonchev–Trinajstić information content (AvgIpc) is 3.81. The van der Waals surface area contributed by atoms with E-state index in [4.69, 9.17) is 4.74 Å². The number of amides is 4. The van der Waals surface area contributed by atoms with Crippen LogP contribution in [0.3, 0.4) is 0 Å². The largest absolute Gasteiger partial charge is 0.488 e. The first-order valence-electron chi connectivity index (χ1n) is 14.5. The molecule has 4 aliphatic rings. The van der Waals surface area contributed by atoms with E-state index >= 15 is 0 Å². The van der Waals surface area contributed by atoms with E-state index in [1.807, 2.05) is 25.2 Å². The van der Waals surface area contributed by atoms with E-state index in [9.17, 15) is 27.6 Å². The summed E-state index contributed by atoms with van der Waals surface area (Å²) in [4.78, 5) is 40.3. The Kier molecular flexibility index (Phi) is 7.30. The van der Waals surface area contributed by atoms with E-state index in [1.54, 1.807) is 29.1 Å². The maximum Gasteiger partial charge on any atom is 0.410 e. The van der Waals surface area contributed by atoms with Crippen LogP contribution < -0.4 is 20.7 Å². The summed E-state index contributed by atoms with van der Waals surface area (Å²) in [5.74, 6) is 0.703.